The lowest BCUT2D eigenvalue weighted by atomic mass is 10.2. The second-order valence-corrected chi connectivity index (χ2v) is 4.14. The summed E-state index contributed by atoms with van der Waals surface area (Å²) in [6, 6.07) is 0.582. The molecule has 1 aromatic rings. The van der Waals surface area contributed by atoms with E-state index in [9.17, 15) is 0 Å². The first kappa shape index (κ1) is 10.6. The molecule has 2 heterocycles. The van der Waals surface area contributed by atoms with Crippen LogP contribution < -0.4 is 5.32 Å². The fourth-order valence-corrected chi connectivity index (χ4v) is 1.90. The van der Waals surface area contributed by atoms with Gasteiger partial charge in [0.2, 0.25) is 0 Å². The number of hydrogen-bond acceptors (Lipinski definition) is 3. The second-order valence-electron chi connectivity index (χ2n) is 4.14. The highest BCUT2D eigenvalue weighted by Gasteiger charge is 2.13. The van der Waals surface area contributed by atoms with Crippen LogP contribution in [0.4, 0.5) is 0 Å². The summed E-state index contributed by atoms with van der Waals surface area (Å²) in [5.41, 5.74) is 1.32. The van der Waals surface area contributed by atoms with Crippen LogP contribution in [0.25, 0.3) is 0 Å². The minimum absolute atomic E-state index is 0.582. The maximum absolute atomic E-state index is 5.30. The summed E-state index contributed by atoms with van der Waals surface area (Å²) in [6.07, 6.45) is 7.46. The van der Waals surface area contributed by atoms with Gasteiger partial charge in [0.05, 0.1) is 12.8 Å². The molecule has 1 atom stereocenters. The molecule has 1 saturated heterocycles. The molecule has 1 aliphatic heterocycles. The van der Waals surface area contributed by atoms with Crippen molar-refractivity contribution in [3.05, 3.63) is 18.0 Å². The third kappa shape index (κ3) is 3.32. The average Bonchev–Trinajstić information content (AvgIpc) is 2.84. The first-order chi connectivity index (χ1) is 7.34. The molecule has 4 nitrogen and oxygen atoms in total. The van der Waals surface area contributed by atoms with Crippen molar-refractivity contribution in [1.29, 1.82) is 0 Å². The smallest absolute Gasteiger partial charge is 0.0620 e. The van der Waals surface area contributed by atoms with Gasteiger partial charge in [-0.05, 0) is 31.4 Å². The Hall–Kier alpha value is -0.870. The molecular formula is C11H19N3O. The van der Waals surface area contributed by atoms with Crippen LogP contribution in [0.5, 0.6) is 0 Å². The number of nitrogens with one attached hydrogen (secondary N) is 1. The quantitative estimate of drug-likeness (QED) is 0.727. The van der Waals surface area contributed by atoms with Gasteiger partial charge in [-0.2, -0.15) is 5.10 Å². The van der Waals surface area contributed by atoms with Crippen LogP contribution in [0.3, 0.4) is 0 Å². The van der Waals surface area contributed by atoms with E-state index in [2.05, 4.69) is 16.6 Å². The van der Waals surface area contributed by atoms with Gasteiger partial charge in [-0.3, -0.25) is 4.68 Å². The van der Waals surface area contributed by atoms with Crippen molar-refractivity contribution >= 4 is 0 Å². The number of aromatic nitrogens is 2. The standard InChI is InChI=1S/C11H19N3O/c1-14-8-10(7-13-14)3-2-5-12-11-4-6-15-9-11/h7-8,11-12H,2-6,9H2,1H3. The lowest BCUT2D eigenvalue weighted by Crippen LogP contribution is -2.30. The van der Waals surface area contributed by atoms with E-state index < -0.39 is 0 Å². The molecule has 1 N–H and O–H groups in total. The predicted octanol–water partition coefficient (Wildman–Crippen LogP) is 0.731. The molecule has 0 radical (unpaired) electrons. The van der Waals surface area contributed by atoms with E-state index in [1.807, 2.05) is 17.9 Å². The Morgan fingerprint density at radius 1 is 1.67 bits per heavy atom. The average molecular weight is 209 g/mol. The third-order valence-electron chi connectivity index (χ3n) is 2.76. The van der Waals surface area contributed by atoms with Gasteiger partial charge in [0.1, 0.15) is 0 Å². The highest BCUT2D eigenvalue weighted by Crippen LogP contribution is 2.04. The van der Waals surface area contributed by atoms with Gasteiger partial charge in [-0.15, -0.1) is 0 Å². The maximum Gasteiger partial charge on any atom is 0.0620 e. The molecule has 84 valence electrons. The van der Waals surface area contributed by atoms with Crippen molar-refractivity contribution < 1.29 is 4.74 Å². The number of aryl methyl sites for hydroxylation is 2. The topological polar surface area (TPSA) is 39.1 Å². The van der Waals surface area contributed by atoms with Gasteiger partial charge in [-0.1, -0.05) is 0 Å². The highest BCUT2D eigenvalue weighted by molar-refractivity contribution is 5.03. The van der Waals surface area contributed by atoms with Crippen molar-refractivity contribution in [2.75, 3.05) is 19.8 Å². The summed E-state index contributed by atoms with van der Waals surface area (Å²) >= 11 is 0. The fraction of sp³-hybridized carbons (Fsp3) is 0.727. The van der Waals surface area contributed by atoms with E-state index in [-0.39, 0.29) is 0 Å². The molecule has 1 unspecified atom stereocenters. The molecule has 15 heavy (non-hydrogen) atoms. The number of nitrogens with zero attached hydrogens (tertiary/aromatic N) is 2. The SMILES string of the molecule is Cn1cc(CCCNC2CCOC2)cn1. The van der Waals surface area contributed by atoms with Gasteiger partial charge in [-0.25, -0.2) is 0 Å². The van der Waals surface area contributed by atoms with Gasteiger partial charge in [0.15, 0.2) is 0 Å². The van der Waals surface area contributed by atoms with Crippen LogP contribution >= 0.6 is 0 Å². The zero-order valence-electron chi connectivity index (χ0n) is 9.28. The van der Waals surface area contributed by atoms with Crippen molar-refractivity contribution in [3.63, 3.8) is 0 Å². The fourth-order valence-electron chi connectivity index (χ4n) is 1.90. The summed E-state index contributed by atoms with van der Waals surface area (Å²) in [7, 11) is 1.96. The molecule has 4 heteroatoms. The van der Waals surface area contributed by atoms with E-state index in [1.54, 1.807) is 0 Å². The summed E-state index contributed by atoms with van der Waals surface area (Å²) in [4.78, 5) is 0. The molecule has 1 fully saturated rings. The molecule has 0 bridgehead atoms. The van der Waals surface area contributed by atoms with Gasteiger partial charge in [0.25, 0.3) is 0 Å². The molecule has 2 rings (SSSR count). The highest BCUT2D eigenvalue weighted by atomic mass is 16.5. The second kappa shape index (κ2) is 5.28. The van der Waals surface area contributed by atoms with Crippen LogP contribution in [0.2, 0.25) is 0 Å². The van der Waals surface area contributed by atoms with Gasteiger partial charge < -0.3 is 10.1 Å². The summed E-state index contributed by atoms with van der Waals surface area (Å²) in [5.74, 6) is 0. The molecular weight excluding hydrogens is 190 g/mol. The van der Waals surface area contributed by atoms with Gasteiger partial charge in [0, 0.05) is 25.9 Å². The molecule has 0 aliphatic carbocycles. The molecule has 0 spiro atoms. The maximum atomic E-state index is 5.30. The Kier molecular flexibility index (Phi) is 3.75. The van der Waals surface area contributed by atoms with Crippen LogP contribution in [0.1, 0.15) is 18.4 Å². The Morgan fingerprint density at radius 2 is 2.60 bits per heavy atom. The number of rotatable bonds is 5. The van der Waals surface area contributed by atoms with E-state index in [1.165, 1.54) is 12.0 Å². The molecule has 0 saturated carbocycles. The van der Waals surface area contributed by atoms with Crippen molar-refractivity contribution in [2.24, 2.45) is 7.05 Å². The molecule has 0 aromatic carbocycles. The largest absolute Gasteiger partial charge is 0.380 e. The number of hydrogen-bond donors (Lipinski definition) is 1. The zero-order chi connectivity index (χ0) is 10.5. The number of ether oxygens (including phenoxy) is 1. The minimum atomic E-state index is 0.582. The van der Waals surface area contributed by atoms with Crippen molar-refractivity contribution in [3.8, 4) is 0 Å². The Balaban J connectivity index is 1.58. The van der Waals surface area contributed by atoms with E-state index >= 15 is 0 Å². The molecule has 1 aliphatic rings. The molecule has 0 amide bonds. The lowest BCUT2D eigenvalue weighted by molar-refractivity contribution is 0.190. The summed E-state index contributed by atoms with van der Waals surface area (Å²) < 4.78 is 7.15. The van der Waals surface area contributed by atoms with Crippen LogP contribution in [0, 0.1) is 0 Å². The normalized spacial score (nSPS) is 21.0. The lowest BCUT2D eigenvalue weighted by Gasteiger charge is -2.09. The Bertz CT molecular complexity index is 292. The summed E-state index contributed by atoms with van der Waals surface area (Å²) in [5, 5.41) is 7.66. The van der Waals surface area contributed by atoms with E-state index in [0.717, 1.165) is 32.6 Å². The van der Waals surface area contributed by atoms with Crippen LogP contribution in [0.15, 0.2) is 12.4 Å². The first-order valence-electron chi connectivity index (χ1n) is 5.63. The first-order valence-corrected chi connectivity index (χ1v) is 5.63. The predicted molar refractivity (Wildman–Crippen MR) is 58.8 cm³/mol. The van der Waals surface area contributed by atoms with Crippen LogP contribution in [-0.2, 0) is 18.2 Å². The zero-order valence-corrected chi connectivity index (χ0v) is 9.28. The van der Waals surface area contributed by atoms with Crippen molar-refractivity contribution in [2.45, 2.75) is 25.3 Å². The molecule has 1 aromatic heterocycles. The van der Waals surface area contributed by atoms with E-state index in [4.69, 9.17) is 4.74 Å². The van der Waals surface area contributed by atoms with Crippen LogP contribution in [-0.4, -0.2) is 35.6 Å². The monoisotopic (exact) mass is 209 g/mol. The Labute approximate surface area is 90.6 Å². The van der Waals surface area contributed by atoms with Crippen molar-refractivity contribution in [1.82, 2.24) is 15.1 Å². The minimum Gasteiger partial charge on any atom is -0.380 e. The Morgan fingerprint density at radius 3 is 3.27 bits per heavy atom. The third-order valence-corrected chi connectivity index (χ3v) is 2.76. The summed E-state index contributed by atoms with van der Waals surface area (Å²) in [6.45, 7) is 2.87. The van der Waals surface area contributed by atoms with Gasteiger partial charge >= 0.3 is 0 Å². The van der Waals surface area contributed by atoms with E-state index in [0.29, 0.717) is 6.04 Å².